The summed E-state index contributed by atoms with van der Waals surface area (Å²) in [6.45, 7) is 0.560. The van der Waals surface area contributed by atoms with Gasteiger partial charge in [0.05, 0.1) is 17.9 Å². The summed E-state index contributed by atoms with van der Waals surface area (Å²) < 4.78 is 0.944. The minimum absolute atomic E-state index is 0.0411. The van der Waals surface area contributed by atoms with Crippen molar-refractivity contribution in [2.75, 3.05) is 11.1 Å². The Hall–Kier alpha value is -1.27. The van der Waals surface area contributed by atoms with E-state index in [1.54, 1.807) is 5.38 Å². The predicted octanol–water partition coefficient (Wildman–Crippen LogP) is 2.39. The van der Waals surface area contributed by atoms with Crippen LogP contribution in [0.3, 0.4) is 0 Å². The van der Waals surface area contributed by atoms with E-state index >= 15 is 0 Å². The molecular formula is C10H10BrN3OS. The van der Waals surface area contributed by atoms with Crippen LogP contribution in [0.4, 0.5) is 11.4 Å². The molecule has 0 atom stereocenters. The Morgan fingerprint density at radius 3 is 2.94 bits per heavy atom. The average molecular weight is 300 g/mol. The number of nitrogens with two attached hydrogens (primary N) is 1. The minimum atomic E-state index is -0.0411. The summed E-state index contributed by atoms with van der Waals surface area (Å²) in [6.07, 6.45) is 0. The fourth-order valence-corrected chi connectivity index (χ4v) is 2.25. The zero-order chi connectivity index (χ0) is 11.5. The van der Waals surface area contributed by atoms with Crippen molar-refractivity contribution >= 4 is 38.6 Å². The monoisotopic (exact) mass is 299 g/mol. The highest BCUT2D eigenvalue weighted by Gasteiger charge is 2.00. The van der Waals surface area contributed by atoms with Crippen molar-refractivity contribution in [1.29, 1.82) is 0 Å². The van der Waals surface area contributed by atoms with Gasteiger partial charge in [-0.2, -0.15) is 0 Å². The molecule has 0 saturated heterocycles. The van der Waals surface area contributed by atoms with Gasteiger partial charge in [-0.15, -0.1) is 0 Å². The molecule has 4 N–H and O–H groups in total. The largest absolute Gasteiger partial charge is 0.397 e. The van der Waals surface area contributed by atoms with Gasteiger partial charge in [-0.3, -0.25) is 4.79 Å². The van der Waals surface area contributed by atoms with E-state index in [0.29, 0.717) is 12.2 Å². The molecule has 0 radical (unpaired) electrons. The van der Waals surface area contributed by atoms with Crippen molar-refractivity contribution in [2.45, 2.75) is 6.54 Å². The minimum Gasteiger partial charge on any atom is -0.397 e. The van der Waals surface area contributed by atoms with Crippen LogP contribution in [-0.2, 0) is 6.54 Å². The van der Waals surface area contributed by atoms with Gasteiger partial charge in [0.2, 0.25) is 0 Å². The molecule has 1 aromatic heterocycles. The van der Waals surface area contributed by atoms with Crippen molar-refractivity contribution in [1.82, 2.24) is 4.98 Å². The number of benzene rings is 1. The van der Waals surface area contributed by atoms with E-state index < -0.39 is 0 Å². The summed E-state index contributed by atoms with van der Waals surface area (Å²) in [4.78, 5) is 13.6. The highest BCUT2D eigenvalue weighted by Crippen LogP contribution is 2.23. The van der Waals surface area contributed by atoms with Crippen LogP contribution >= 0.6 is 27.3 Å². The standard InChI is InChI=1S/C10H10BrN3OS/c11-6-1-2-9(8(12)3-6)13-4-7-5-16-10(15)14-7/h1-3,5,13H,4,12H2,(H,14,15). The zero-order valence-electron chi connectivity index (χ0n) is 8.29. The third kappa shape index (κ3) is 2.65. The molecule has 0 aliphatic rings. The van der Waals surface area contributed by atoms with Crippen molar-refractivity contribution in [3.63, 3.8) is 0 Å². The number of aromatic nitrogens is 1. The number of nitrogens with one attached hydrogen (secondary N) is 2. The van der Waals surface area contributed by atoms with Crippen LogP contribution in [0.2, 0.25) is 0 Å². The Morgan fingerprint density at radius 1 is 1.50 bits per heavy atom. The second kappa shape index (κ2) is 4.71. The van der Waals surface area contributed by atoms with Crippen molar-refractivity contribution in [3.05, 3.63) is 43.4 Å². The SMILES string of the molecule is Nc1cc(Br)ccc1NCc1csc(=O)[nH]1. The van der Waals surface area contributed by atoms with Crippen molar-refractivity contribution in [3.8, 4) is 0 Å². The van der Waals surface area contributed by atoms with Gasteiger partial charge in [-0.05, 0) is 18.2 Å². The van der Waals surface area contributed by atoms with Crippen molar-refractivity contribution in [2.24, 2.45) is 0 Å². The maximum atomic E-state index is 10.9. The fraction of sp³-hybridized carbons (Fsp3) is 0.100. The second-order valence-electron chi connectivity index (χ2n) is 3.26. The molecule has 4 nitrogen and oxygen atoms in total. The first-order valence-corrected chi connectivity index (χ1v) is 6.28. The van der Waals surface area contributed by atoms with E-state index in [9.17, 15) is 4.79 Å². The van der Waals surface area contributed by atoms with Gasteiger partial charge in [0.15, 0.2) is 0 Å². The van der Waals surface area contributed by atoms with Crippen LogP contribution < -0.4 is 15.9 Å². The molecule has 16 heavy (non-hydrogen) atoms. The summed E-state index contributed by atoms with van der Waals surface area (Å²) in [5.41, 5.74) is 8.22. The molecule has 1 heterocycles. The topological polar surface area (TPSA) is 70.9 Å². The number of thiazole rings is 1. The lowest BCUT2D eigenvalue weighted by molar-refractivity contribution is 1.06. The van der Waals surface area contributed by atoms with Gasteiger partial charge >= 0.3 is 4.87 Å². The van der Waals surface area contributed by atoms with Crippen LogP contribution in [0, 0.1) is 0 Å². The van der Waals surface area contributed by atoms with Gasteiger partial charge in [0.25, 0.3) is 0 Å². The molecule has 1 aromatic carbocycles. The van der Waals surface area contributed by atoms with Gasteiger partial charge < -0.3 is 16.0 Å². The van der Waals surface area contributed by atoms with Gasteiger partial charge in [-0.25, -0.2) is 0 Å². The molecule has 0 fully saturated rings. The lowest BCUT2D eigenvalue weighted by Crippen LogP contribution is -2.04. The Bertz CT molecular complexity index is 549. The maximum absolute atomic E-state index is 10.9. The molecule has 0 saturated carbocycles. The lowest BCUT2D eigenvalue weighted by Gasteiger charge is -2.08. The number of rotatable bonds is 3. The Morgan fingerprint density at radius 2 is 2.31 bits per heavy atom. The Kier molecular flexibility index (Phi) is 3.31. The molecule has 6 heteroatoms. The van der Waals surface area contributed by atoms with E-state index in [2.05, 4.69) is 26.2 Å². The van der Waals surface area contributed by atoms with E-state index in [0.717, 1.165) is 27.2 Å². The molecule has 0 amide bonds. The summed E-state index contributed by atoms with van der Waals surface area (Å²) in [5.74, 6) is 0. The summed E-state index contributed by atoms with van der Waals surface area (Å²) in [6, 6.07) is 5.64. The molecule has 0 aliphatic heterocycles. The second-order valence-corrected chi connectivity index (χ2v) is 5.02. The lowest BCUT2D eigenvalue weighted by atomic mass is 10.2. The van der Waals surface area contributed by atoms with Crippen LogP contribution in [-0.4, -0.2) is 4.98 Å². The highest BCUT2D eigenvalue weighted by molar-refractivity contribution is 9.10. The Balaban J connectivity index is 2.07. The number of anilines is 2. The molecule has 0 unspecified atom stereocenters. The van der Waals surface area contributed by atoms with Gasteiger partial charge in [-0.1, -0.05) is 27.3 Å². The first kappa shape index (κ1) is 11.2. The predicted molar refractivity (Wildman–Crippen MR) is 70.8 cm³/mol. The molecule has 84 valence electrons. The van der Waals surface area contributed by atoms with Crippen LogP contribution in [0.15, 0.2) is 32.8 Å². The number of nitrogen functional groups attached to an aromatic ring is 1. The third-order valence-electron chi connectivity index (χ3n) is 2.05. The normalized spacial score (nSPS) is 10.3. The molecule has 2 aromatic rings. The average Bonchev–Trinajstić information content (AvgIpc) is 2.63. The molecule has 2 rings (SSSR count). The van der Waals surface area contributed by atoms with Crippen LogP contribution in [0.1, 0.15) is 5.69 Å². The molecule has 0 aliphatic carbocycles. The Labute approximate surface area is 105 Å². The zero-order valence-corrected chi connectivity index (χ0v) is 10.7. The fourth-order valence-electron chi connectivity index (χ4n) is 1.29. The number of hydrogen-bond acceptors (Lipinski definition) is 4. The van der Waals surface area contributed by atoms with E-state index in [4.69, 9.17) is 5.73 Å². The number of halogens is 1. The number of H-pyrrole nitrogens is 1. The van der Waals surface area contributed by atoms with Gasteiger partial charge in [0, 0.05) is 15.5 Å². The van der Waals surface area contributed by atoms with E-state index in [1.807, 2.05) is 18.2 Å². The first-order valence-electron chi connectivity index (χ1n) is 4.61. The van der Waals surface area contributed by atoms with Crippen LogP contribution in [0.5, 0.6) is 0 Å². The number of aromatic amines is 1. The van der Waals surface area contributed by atoms with Crippen LogP contribution in [0.25, 0.3) is 0 Å². The number of hydrogen-bond donors (Lipinski definition) is 3. The summed E-state index contributed by atoms with van der Waals surface area (Å²) in [7, 11) is 0. The van der Waals surface area contributed by atoms with Gasteiger partial charge in [0.1, 0.15) is 0 Å². The summed E-state index contributed by atoms with van der Waals surface area (Å²) >= 11 is 4.50. The first-order chi connectivity index (χ1) is 7.65. The smallest absolute Gasteiger partial charge is 0.304 e. The maximum Gasteiger partial charge on any atom is 0.304 e. The van der Waals surface area contributed by atoms with Crippen molar-refractivity contribution < 1.29 is 0 Å². The van der Waals surface area contributed by atoms with E-state index in [1.165, 1.54) is 0 Å². The molecule has 0 spiro atoms. The molecular weight excluding hydrogens is 290 g/mol. The summed E-state index contributed by atoms with van der Waals surface area (Å²) in [5, 5.41) is 4.96. The quantitative estimate of drug-likeness (QED) is 0.762. The van der Waals surface area contributed by atoms with E-state index in [-0.39, 0.29) is 4.87 Å². The third-order valence-corrected chi connectivity index (χ3v) is 3.27. The molecule has 0 bridgehead atoms. The highest BCUT2D eigenvalue weighted by atomic mass is 79.9.